The molecular weight excluding hydrogens is 254 g/mol. The van der Waals surface area contributed by atoms with E-state index in [4.69, 9.17) is 16.3 Å². The van der Waals surface area contributed by atoms with Crippen molar-refractivity contribution in [2.75, 3.05) is 5.32 Å². The van der Waals surface area contributed by atoms with Gasteiger partial charge in [-0.2, -0.15) is 0 Å². The largest absolute Gasteiger partial charge is 0.480 e. The standard InChI is InChI=1S/C13H16ClNO3/c1-8-2-7-11(18-8)12(13(16)17)15-10-5-3-9(14)4-6-10/h3-6,8,11-12,15H,2,7H2,1H3,(H,16,17). The second-order valence-corrected chi connectivity index (χ2v) is 4.97. The van der Waals surface area contributed by atoms with Crippen LogP contribution in [-0.4, -0.2) is 29.3 Å². The van der Waals surface area contributed by atoms with E-state index in [9.17, 15) is 9.90 Å². The zero-order chi connectivity index (χ0) is 13.1. The molecule has 18 heavy (non-hydrogen) atoms. The SMILES string of the molecule is CC1CCC(C(Nc2ccc(Cl)cc2)C(=O)O)O1. The van der Waals surface area contributed by atoms with Crippen LogP contribution in [0.3, 0.4) is 0 Å². The number of hydrogen-bond acceptors (Lipinski definition) is 3. The van der Waals surface area contributed by atoms with Crippen LogP contribution in [0.2, 0.25) is 5.02 Å². The van der Waals surface area contributed by atoms with Crippen LogP contribution in [0.5, 0.6) is 0 Å². The summed E-state index contributed by atoms with van der Waals surface area (Å²) >= 11 is 5.79. The predicted octanol–water partition coefficient (Wildman–Crippen LogP) is 2.77. The molecule has 1 fully saturated rings. The van der Waals surface area contributed by atoms with Gasteiger partial charge in [0.15, 0.2) is 6.04 Å². The quantitative estimate of drug-likeness (QED) is 0.882. The Morgan fingerprint density at radius 2 is 2.11 bits per heavy atom. The molecule has 0 amide bonds. The second kappa shape index (κ2) is 5.59. The third-order valence-corrected chi connectivity index (χ3v) is 3.32. The maximum absolute atomic E-state index is 11.3. The van der Waals surface area contributed by atoms with Crippen LogP contribution in [0.15, 0.2) is 24.3 Å². The number of carboxylic acids is 1. The third kappa shape index (κ3) is 3.15. The number of ether oxygens (including phenoxy) is 1. The number of hydrogen-bond donors (Lipinski definition) is 2. The number of aliphatic carboxylic acids is 1. The van der Waals surface area contributed by atoms with Crippen LogP contribution in [0.25, 0.3) is 0 Å². The lowest BCUT2D eigenvalue weighted by Gasteiger charge is -2.22. The normalized spacial score (nSPS) is 24.8. The lowest BCUT2D eigenvalue weighted by molar-refractivity contribution is -0.141. The first-order valence-corrected chi connectivity index (χ1v) is 6.34. The predicted molar refractivity (Wildman–Crippen MR) is 70.1 cm³/mol. The summed E-state index contributed by atoms with van der Waals surface area (Å²) in [6.07, 6.45) is 1.51. The highest BCUT2D eigenvalue weighted by Crippen LogP contribution is 2.24. The molecule has 0 radical (unpaired) electrons. The first-order valence-electron chi connectivity index (χ1n) is 5.96. The summed E-state index contributed by atoms with van der Waals surface area (Å²) in [7, 11) is 0. The second-order valence-electron chi connectivity index (χ2n) is 4.53. The molecule has 1 saturated heterocycles. The van der Waals surface area contributed by atoms with E-state index in [2.05, 4.69) is 5.32 Å². The molecule has 5 heteroatoms. The summed E-state index contributed by atoms with van der Waals surface area (Å²) in [5.41, 5.74) is 0.731. The van der Waals surface area contributed by atoms with E-state index in [1.807, 2.05) is 6.92 Å². The number of halogens is 1. The van der Waals surface area contributed by atoms with Crippen molar-refractivity contribution in [3.05, 3.63) is 29.3 Å². The molecule has 2 N–H and O–H groups in total. The molecule has 3 atom stereocenters. The van der Waals surface area contributed by atoms with Crippen molar-refractivity contribution >= 4 is 23.3 Å². The molecule has 98 valence electrons. The van der Waals surface area contributed by atoms with Crippen molar-refractivity contribution in [1.29, 1.82) is 0 Å². The number of benzene rings is 1. The van der Waals surface area contributed by atoms with Crippen LogP contribution in [0.4, 0.5) is 5.69 Å². The van der Waals surface area contributed by atoms with Gasteiger partial charge in [-0.3, -0.25) is 0 Å². The average Bonchev–Trinajstić information content (AvgIpc) is 2.74. The minimum atomic E-state index is -0.899. The Bertz CT molecular complexity index is 421. The summed E-state index contributed by atoms with van der Waals surface area (Å²) in [5, 5.41) is 12.9. The Morgan fingerprint density at radius 3 is 2.61 bits per heavy atom. The first kappa shape index (κ1) is 13.2. The fourth-order valence-corrected chi connectivity index (χ4v) is 2.24. The Morgan fingerprint density at radius 1 is 1.44 bits per heavy atom. The number of rotatable bonds is 4. The van der Waals surface area contributed by atoms with Crippen molar-refractivity contribution in [1.82, 2.24) is 0 Å². The molecule has 0 bridgehead atoms. The Balaban J connectivity index is 2.07. The fraction of sp³-hybridized carbons (Fsp3) is 0.462. The van der Waals surface area contributed by atoms with E-state index in [1.165, 1.54) is 0 Å². The molecule has 0 aliphatic carbocycles. The molecule has 1 aliphatic heterocycles. The van der Waals surface area contributed by atoms with Gasteiger partial charge in [0.2, 0.25) is 0 Å². The summed E-state index contributed by atoms with van der Waals surface area (Å²) < 4.78 is 5.61. The summed E-state index contributed by atoms with van der Waals surface area (Å²) in [6, 6.07) is 6.24. The lowest BCUT2D eigenvalue weighted by Crippen LogP contribution is -2.40. The number of nitrogens with one attached hydrogen (secondary N) is 1. The highest BCUT2D eigenvalue weighted by Gasteiger charge is 2.34. The summed E-state index contributed by atoms with van der Waals surface area (Å²) in [6.45, 7) is 1.96. The van der Waals surface area contributed by atoms with Gasteiger partial charge < -0.3 is 15.2 Å². The van der Waals surface area contributed by atoms with Gasteiger partial charge in [-0.1, -0.05) is 11.6 Å². The summed E-state index contributed by atoms with van der Waals surface area (Å²) in [4.78, 5) is 11.3. The van der Waals surface area contributed by atoms with E-state index < -0.39 is 12.0 Å². The van der Waals surface area contributed by atoms with Crippen LogP contribution in [0.1, 0.15) is 19.8 Å². The van der Waals surface area contributed by atoms with Crippen molar-refractivity contribution < 1.29 is 14.6 Å². The topological polar surface area (TPSA) is 58.6 Å². The van der Waals surface area contributed by atoms with E-state index >= 15 is 0 Å². The Hall–Kier alpha value is -1.26. The zero-order valence-corrected chi connectivity index (χ0v) is 10.9. The lowest BCUT2D eigenvalue weighted by atomic mass is 10.1. The smallest absolute Gasteiger partial charge is 0.328 e. The van der Waals surface area contributed by atoms with Gasteiger partial charge in [-0.05, 0) is 44.0 Å². The van der Waals surface area contributed by atoms with Crippen LogP contribution < -0.4 is 5.32 Å². The van der Waals surface area contributed by atoms with Crippen molar-refractivity contribution in [3.8, 4) is 0 Å². The monoisotopic (exact) mass is 269 g/mol. The van der Waals surface area contributed by atoms with Crippen LogP contribution in [-0.2, 0) is 9.53 Å². The molecule has 1 aliphatic rings. The molecule has 1 aromatic carbocycles. The van der Waals surface area contributed by atoms with Gasteiger partial charge in [-0.15, -0.1) is 0 Å². The highest BCUT2D eigenvalue weighted by atomic mass is 35.5. The maximum Gasteiger partial charge on any atom is 0.328 e. The van der Waals surface area contributed by atoms with E-state index in [1.54, 1.807) is 24.3 Å². The van der Waals surface area contributed by atoms with Gasteiger partial charge in [0, 0.05) is 10.7 Å². The molecule has 4 nitrogen and oxygen atoms in total. The first-order chi connectivity index (χ1) is 8.56. The zero-order valence-electron chi connectivity index (χ0n) is 10.1. The van der Waals surface area contributed by atoms with E-state index in [-0.39, 0.29) is 12.2 Å². The maximum atomic E-state index is 11.3. The molecule has 0 saturated carbocycles. The van der Waals surface area contributed by atoms with Crippen LogP contribution in [0, 0.1) is 0 Å². The fourth-order valence-electron chi connectivity index (χ4n) is 2.12. The Labute approximate surface area is 111 Å². The van der Waals surface area contributed by atoms with Crippen LogP contribution >= 0.6 is 11.6 Å². The van der Waals surface area contributed by atoms with Gasteiger partial charge in [0.05, 0.1) is 12.2 Å². The molecule has 1 heterocycles. The van der Waals surface area contributed by atoms with E-state index in [0.717, 1.165) is 18.5 Å². The Kier molecular flexibility index (Phi) is 4.09. The van der Waals surface area contributed by atoms with Gasteiger partial charge in [0.1, 0.15) is 0 Å². The number of carboxylic acid groups (broad SMARTS) is 1. The number of anilines is 1. The molecule has 0 spiro atoms. The van der Waals surface area contributed by atoms with E-state index in [0.29, 0.717) is 5.02 Å². The molecule has 1 aromatic rings. The molecule has 3 unspecified atom stereocenters. The summed E-state index contributed by atoms with van der Waals surface area (Å²) in [5.74, 6) is -0.899. The third-order valence-electron chi connectivity index (χ3n) is 3.07. The molecule has 0 aromatic heterocycles. The minimum absolute atomic E-state index is 0.129. The van der Waals surface area contributed by atoms with Crippen molar-refractivity contribution in [3.63, 3.8) is 0 Å². The minimum Gasteiger partial charge on any atom is -0.480 e. The highest BCUT2D eigenvalue weighted by molar-refractivity contribution is 6.30. The average molecular weight is 270 g/mol. The van der Waals surface area contributed by atoms with Gasteiger partial charge in [0.25, 0.3) is 0 Å². The number of carbonyl (C=O) groups is 1. The van der Waals surface area contributed by atoms with Gasteiger partial charge in [-0.25, -0.2) is 4.79 Å². The van der Waals surface area contributed by atoms with Crippen molar-refractivity contribution in [2.24, 2.45) is 0 Å². The molecule has 2 rings (SSSR count). The molecular formula is C13H16ClNO3. The van der Waals surface area contributed by atoms with Crippen molar-refractivity contribution in [2.45, 2.75) is 38.0 Å². The van der Waals surface area contributed by atoms with Gasteiger partial charge >= 0.3 is 5.97 Å².